The number of likely N-dealkylation sites (tertiary alicyclic amines) is 4. The number of nitrogens with zero attached hydrogens (tertiary/aromatic N) is 4. The van der Waals surface area contributed by atoms with Crippen LogP contribution in [0.3, 0.4) is 0 Å². The maximum absolute atomic E-state index is 14.4. The van der Waals surface area contributed by atoms with Gasteiger partial charge in [-0.2, -0.15) is 0 Å². The van der Waals surface area contributed by atoms with Crippen LogP contribution in [-0.4, -0.2) is 197 Å². The lowest BCUT2D eigenvalue weighted by molar-refractivity contribution is -0.191. The fourth-order valence-electron chi connectivity index (χ4n) is 19.4. The number of hydrogen-bond acceptors (Lipinski definition) is 16. The van der Waals surface area contributed by atoms with Gasteiger partial charge in [-0.15, -0.1) is 0 Å². The van der Waals surface area contributed by atoms with Gasteiger partial charge in [0.05, 0.1) is 122 Å². The molecule has 20 nitrogen and oxygen atoms in total. The van der Waals surface area contributed by atoms with Crippen molar-refractivity contribution < 1.29 is 89.2 Å². The van der Waals surface area contributed by atoms with Gasteiger partial charge in [0.2, 0.25) is 0 Å². The molecule has 0 aromatic heterocycles. The first-order valence-corrected chi connectivity index (χ1v) is 44.3. The number of aryl methyl sites for hydroxylation is 1. The topological polar surface area (TPSA) is 192 Å². The first-order chi connectivity index (χ1) is 60.1. The van der Waals surface area contributed by atoms with Crippen molar-refractivity contribution in [3.63, 3.8) is 0 Å². The molecule has 0 saturated carbocycles. The highest BCUT2D eigenvalue weighted by molar-refractivity contribution is 5.99. The number of piperidine rings is 4. The zero-order valence-electron chi connectivity index (χ0n) is 73.3. The van der Waals surface area contributed by atoms with Crippen molar-refractivity contribution >= 4 is 23.6 Å². The quantitative estimate of drug-likeness (QED) is 0.0699. The van der Waals surface area contributed by atoms with Crippen LogP contribution in [-0.2, 0) is 37.9 Å². The largest absolute Gasteiger partial charge is 0.497 e. The van der Waals surface area contributed by atoms with Gasteiger partial charge in [0.15, 0.2) is 0 Å². The SMILES string of the molecule is CCOC1CC(c2ccccc2)OC2(CCN(C(=O)c3c(C)cccc3OC)CC2)C1.CCOC1CC(c2ccccc2)OC2(CCN(C(=O)c3cc(F)ccc3OC)CC2)C1.CCOC1CC(c2ccccc2)OC2(CCN(C(=O)c3cc(OC)ccc3F)CC2)C1.CCOC1CC(c2ccccc2)OC2(CCN(C(=O)c3ccc(OC)cc3F)CC2)C1. The summed E-state index contributed by atoms with van der Waals surface area (Å²) in [6, 6.07) is 59.6. The lowest BCUT2D eigenvalue weighted by atomic mass is 9.80. The highest BCUT2D eigenvalue weighted by atomic mass is 19.1. The molecule has 8 saturated heterocycles. The third-order valence-electron chi connectivity index (χ3n) is 25.9. The van der Waals surface area contributed by atoms with Crippen LogP contribution in [0.4, 0.5) is 13.2 Å². The van der Waals surface area contributed by atoms with E-state index in [0.29, 0.717) is 133 Å². The molecule has 8 atom stereocenters. The number of benzene rings is 8. The van der Waals surface area contributed by atoms with E-state index in [9.17, 15) is 32.3 Å². The van der Waals surface area contributed by atoms with Gasteiger partial charge < -0.3 is 76.4 Å². The van der Waals surface area contributed by atoms with E-state index < -0.39 is 17.5 Å². The zero-order chi connectivity index (χ0) is 87.4. The Morgan fingerprint density at radius 1 is 0.339 bits per heavy atom. The summed E-state index contributed by atoms with van der Waals surface area (Å²) < 4.78 is 114. The number of hydrogen-bond donors (Lipinski definition) is 0. The summed E-state index contributed by atoms with van der Waals surface area (Å²) >= 11 is 0. The third-order valence-corrected chi connectivity index (χ3v) is 25.9. The minimum atomic E-state index is -0.556. The van der Waals surface area contributed by atoms with Gasteiger partial charge in [-0.25, -0.2) is 13.2 Å². The van der Waals surface area contributed by atoms with Crippen LogP contribution >= 0.6 is 0 Å². The molecule has 0 N–H and O–H groups in total. The van der Waals surface area contributed by atoms with E-state index in [1.807, 2.05) is 111 Å². The Balaban J connectivity index is 0.000000142. The first-order valence-electron chi connectivity index (χ1n) is 44.3. The molecule has 8 aliphatic heterocycles. The van der Waals surface area contributed by atoms with Crippen LogP contribution < -0.4 is 18.9 Å². The number of carbonyl (C=O) groups is 4. The molecular formula is C101H123F3N4O16. The second kappa shape index (κ2) is 43.0. The summed E-state index contributed by atoms with van der Waals surface area (Å²) in [5, 5.41) is 0. The zero-order valence-corrected chi connectivity index (χ0v) is 73.3. The smallest absolute Gasteiger partial charge is 0.257 e. The van der Waals surface area contributed by atoms with Crippen molar-refractivity contribution in [3.05, 3.63) is 262 Å². The van der Waals surface area contributed by atoms with Crippen molar-refractivity contribution in [1.82, 2.24) is 19.6 Å². The van der Waals surface area contributed by atoms with Crippen molar-refractivity contribution in [1.29, 1.82) is 0 Å². The average Bonchev–Trinajstić information content (AvgIpc) is 0.776. The Morgan fingerprint density at radius 2 is 0.669 bits per heavy atom. The molecule has 0 radical (unpaired) electrons. The summed E-state index contributed by atoms with van der Waals surface area (Å²) in [6.45, 7) is 17.4. The highest BCUT2D eigenvalue weighted by Crippen LogP contribution is 2.50. The van der Waals surface area contributed by atoms with Gasteiger partial charge >= 0.3 is 0 Å². The van der Waals surface area contributed by atoms with Gasteiger partial charge in [-0.05, 0) is 168 Å². The molecule has 16 rings (SSSR count). The lowest BCUT2D eigenvalue weighted by Crippen LogP contribution is -2.52. The van der Waals surface area contributed by atoms with Crippen LogP contribution in [0, 0.1) is 24.4 Å². The van der Waals surface area contributed by atoms with Crippen LogP contribution in [0.1, 0.15) is 224 Å². The van der Waals surface area contributed by atoms with Crippen LogP contribution in [0.5, 0.6) is 23.0 Å². The molecule has 8 unspecified atom stereocenters. The van der Waals surface area contributed by atoms with Gasteiger partial charge in [0, 0.05) is 136 Å². The normalized spacial score (nSPS) is 23.0. The summed E-state index contributed by atoms with van der Waals surface area (Å²) in [5.74, 6) is -0.381. The lowest BCUT2D eigenvalue weighted by Gasteiger charge is -2.49. The fraction of sp³-hybridized carbons (Fsp3) is 0.485. The van der Waals surface area contributed by atoms with Crippen LogP contribution in [0.2, 0.25) is 0 Å². The van der Waals surface area contributed by atoms with Gasteiger partial charge in [-0.1, -0.05) is 133 Å². The minimum absolute atomic E-state index is 0.0166. The number of ether oxygens (including phenoxy) is 12. The molecule has 124 heavy (non-hydrogen) atoms. The van der Waals surface area contributed by atoms with Gasteiger partial charge in [0.1, 0.15) is 40.4 Å². The van der Waals surface area contributed by atoms with E-state index in [0.717, 1.165) is 99.3 Å². The summed E-state index contributed by atoms with van der Waals surface area (Å²) in [7, 11) is 6.08. The maximum atomic E-state index is 14.4. The number of methoxy groups -OCH3 is 4. The molecule has 8 aliphatic rings. The monoisotopic (exact) mass is 1700 g/mol. The first kappa shape index (κ1) is 92.0. The molecule has 664 valence electrons. The minimum Gasteiger partial charge on any atom is -0.497 e. The maximum Gasteiger partial charge on any atom is 0.257 e. The summed E-state index contributed by atoms with van der Waals surface area (Å²) in [6.07, 6.45) is 13.2. The van der Waals surface area contributed by atoms with Crippen molar-refractivity contribution in [3.8, 4) is 23.0 Å². The number of halogens is 3. The van der Waals surface area contributed by atoms with E-state index >= 15 is 0 Å². The van der Waals surface area contributed by atoms with Crippen molar-refractivity contribution in [2.24, 2.45) is 0 Å². The van der Waals surface area contributed by atoms with E-state index in [-0.39, 0.29) is 112 Å². The number of amides is 4. The van der Waals surface area contributed by atoms with E-state index in [1.54, 1.807) is 27.9 Å². The standard InChI is InChI=1S/C26H33NO4.3C25H30FNO4/c1-4-30-21-17-23(20-10-6-5-7-11-20)31-26(18-21)13-15-27(16-14-26)25(28)24-19(2)9-8-12-22(24)29-3;1-3-30-20-16-23(18-7-5-4-6-8-18)31-25(17-20)11-13-27(14-12-25)24(28)21-15-19(29-2)9-10-22(21)26;1-3-30-20-16-23(18-7-5-4-6-8-18)31-25(17-20)11-13-27(14-12-25)24(28)21-15-19(26)9-10-22(21)29-2;1-3-30-20-16-23(18-7-5-4-6-8-18)31-25(17-20)11-13-27(14-12-25)24(28)21-10-9-19(29-2)15-22(21)26/h5-12,21,23H,4,13-18H2,1-3H3;3*4-10,15,20,23H,3,11-14,16-17H2,1-2H3. The molecule has 8 fully saturated rings. The predicted molar refractivity (Wildman–Crippen MR) is 468 cm³/mol. The van der Waals surface area contributed by atoms with E-state index in [4.69, 9.17) is 56.8 Å². The summed E-state index contributed by atoms with van der Waals surface area (Å²) in [5.41, 5.74) is 5.46. The van der Waals surface area contributed by atoms with Crippen LogP contribution in [0.15, 0.2) is 194 Å². The van der Waals surface area contributed by atoms with Crippen molar-refractivity contribution in [2.45, 2.75) is 209 Å². The Kier molecular flexibility index (Phi) is 31.9. The number of carbonyl (C=O) groups excluding carboxylic acids is 4. The van der Waals surface area contributed by atoms with Crippen molar-refractivity contribution in [2.75, 3.05) is 107 Å². The number of rotatable bonds is 20. The van der Waals surface area contributed by atoms with E-state index in [2.05, 4.69) is 67.6 Å². The van der Waals surface area contributed by atoms with Crippen LogP contribution in [0.25, 0.3) is 0 Å². The third kappa shape index (κ3) is 22.8. The second-order valence-electron chi connectivity index (χ2n) is 33.7. The Hall–Kier alpha value is -9.69. The van der Waals surface area contributed by atoms with E-state index in [1.165, 1.54) is 75.4 Å². The molecule has 23 heteroatoms. The molecule has 0 bridgehead atoms. The van der Waals surface area contributed by atoms with Gasteiger partial charge in [0.25, 0.3) is 23.6 Å². The molecule has 4 spiro atoms. The summed E-state index contributed by atoms with van der Waals surface area (Å²) in [4.78, 5) is 59.4. The Morgan fingerprint density at radius 3 is 1.01 bits per heavy atom. The molecule has 8 heterocycles. The molecule has 8 aromatic carbocycles. The van der Waals surface area contributed by atoms with Gasteiger partial charge in [-0.3, -0.25) is 19.2 Å². The molecular weight excluding hydrogens is 1580 g/mol. The highest BCUT2D eigenvalue weighted by Gasteiger charge is 2.50. The predicted octanol–water partition coefficient (Wildman–Crippen LogP) is 19.2. The molecule has 8 aromatic rings. The second-order valence-corrected chi connectivity index (χ2v) is 33.7. The Labute approximate surface area is 729 Å². The molecule has 4 amide bonds. The average molecular weight is 1710 g/mol. The molecule has 0 aliphatic carbocycles. The Bertz CT molecular complexity index is 4770. The fourth-order valence-corrected chi connectivity index (χ4v) is 19.4.